The fourth-order valence-electron chi connectivity index (χ4n) is 13.1. The van der Waals surface area contributed by atoms with Crippen LogP contribution in [0.5, 0.6) is 0 Å². The summed E-state index contributed by atoms with van der Waals surface area (Å²) in [5, 5.41) is 54.8. The van der Waals surface area contributed by atoms with E-state index in [2.05, 4.69) is 206 Å². The Labute approximate surface area is 907 Å². The summed E-state index contributed by atoms with van der Waals surface area (Å²) in [6.07, 6.45) is 35.0. The van der Waals surface area contributed by atoms with Gasteiger partial charge in [0.05, 0.1) is 41.2 Å². The van der Waals surface area contributed by atoms with Crippen molar-refractivity contribution < 1.29 is 114 Å². The molecule has 0 radical (unpaired) electrons. The number of pyridine rings is 6. The molecule has 12 aromatic rings. The molecular weight excluding hydrogens is 2110 g/mol. The van der Waals surface area contributed by atoms with Crippen LogP contribution in [0, 0.1) is 15.2 Å². The number of aliphatic hydroxyl groups excluding tert-OH is 1. The fourth-order valence-corrected chi connectivity index (χ4v) is 15.1. The Morgan fingerprint density at radius 2 is 0.985 bits per heavy atom. The second-order valence-electron chi connectivity index (χ2n) is 32.6. The van der Waals surface area contributed by atoms with Gasteiger partial charge in [0.2, 0.25) is 0 Å². The van der Waals surface area contributed by atoms with Crippen LogP contribution < -0.4 is 72.5 Å². The predicted molar refractivity (Wildman–Crippen MR) is 530 cm³/mol. The number of carbonyl (C=O) groups is 1. The van der Waals surface area contributed by atoms with Crippen molar-refractivity contribution in [1.29, 1.82) is 0 Å². The van der Waals surface area contributed by atoms with Crippen molar-refractivity contribution in [3.63, 3.8) is 0 Å². The van der Waals surface area contributed by atoms with Crippen molar-refractivity contribution in [3.8, 4) is 67.0 Å². The van der Waals surface area contributed by atoms with Crippen LogP contribution in [0.1, 0.15) is 75.2 Å². The molecule has 133 heavy (non-hydrogen) atoms. The van der Waals surface area contributed by atoms with Crippen LogP contribution in [0.25, 0.3) is 67.0 Å². The van der Waals surface area contributed by atoms with Crippen molar-refractivity contribution in [1.82, 2.24) is 98.8 Å². The first-order valence-corrected chi connectivity index (χ1v) is 63.4. The summed E-state index contributed by atoms with van der Waals surface area (Å²) in [6, 6.07) is 27.8. The molecule has 31 nitrogen and oxygen atoms in total. The molecular formula is C90H114B2Br3F2IK3N20O11P. The maximum absolute atomic E-state index is 14.2. The predicted octanol–water partition coefficient (Wildman–Crippen LogP) is 8.80. The molecule has 0 saturated carbocycles. The van der Waals surface area contributed by atoms with Crippen LogP contribution in [0.2, 0.25) is 0 Å². The molecule has 14 heterocycles. The van der Waals surface area contributed by atoms with Crippen molar-refractivity contribution >= 4 is 173 Å². The van der Waals surface area contributed by atoms with Crippen LogP contribution >= 0.6 is 78.6 Å². The van der Waals surface area contributed by atoms with Gasteiger partial charge in [-0.05, 0) is 261 Å². The molecule has 2 aromatic carbocycles. The molecule has 4 aliphatic rings. The zero-order chi connectivity index (χ0) is 95.1. The van der Waals surface area contributed by atoms with Gasteiger partial charge in [0.25, 0.3) is 0 Å². The third-order valence-corrected chi connectivity index (χ3v) is 23.0. The normalized spacial score (nSPS) is 14.9. The van der Waals surface area contributed by atoms with E-state index in [9.17, 15) is 13.6 Å². The van der Waals surface area contributed by atoms with E-state index in [1.54, 1.807) is 79.9 Å². The van der Waals surface area contributed by atoms with Crippen molar-refractivity contribution in [3.05, 3.63) is 237 Å². The molecule has 0 bridgehead atoms. The number of aromatic nitrogens is 14. The second kappa shape index (κ2) is 61.8. The van der Waals surface area contributed by atoms with E-state index in [0.29, 0.717) is 34.6 Å². The molecule has 4 fully saturated rings. The third kappa shape index (κ3) is 42.1. The number of benzene rings is 2. The molecule has 4 aliphatic heterocycles. The molecule has 0 aliphatic carbocycles. The topological polar surface area (TPSA) is 357 Å². The monoisotopic (exact) mass is 2220 g/mol. The molecule has 10 aromatic heterocycles. The first kappa shape index (κ1) is 118. The average molecular weight is 2230 g/mol. The molecule has 16 rings (SSSR count). The summed E-state index contributed by atoms with van der Waals surface area (Å²) < 4.78 is 65.5. The van der Waals surface area contributed by atoms with Gasteiger partial charge in [-0.2, -0.15) is 25.1 Å². The Balaban J connectivity index is 0.000000245. The molecule has 0 amide bonds. The van der Waals surface area contributed by atoms with Crippen LogP contribution in [-0.2, 0) is 36.4 Å². The number of likely N-dealkylation sites (N-methyl/N-ethyl adjacent to an activating group) is 3. The summed E-state index contributed by atoms with van der Waals surface area (Å²) in [4.78, 5) is 60.4. The van der Waals surface area contributed by atoms with E-state index in [-0.39, 0.29) is 75.9 Å². The fraction of sp³-hybridized carbons (Fsp3) is 0.389. The number of H-pyrrole nitrogens is 1. The number of ether oxygens (including phenoxy) is 1. The SMILES string of the molecule is Brc1cncc(-c2cn[nH]c2)c1.Brc1cncc(I)c1.C.CC(C)(C)OC(=O)n1cc(B2OC(C)(C)C(C)(C)O2)cn1.CN1CCN(CCCO)CC1.CN1CCN(CCCn2cc(-c3cncc(-c4ccnc(-c5ccccc5F)c4)c3)cn2)CC1.CN1CCN(CCCn2cc(-c3cncc(Br)c3)cn2)CC1.O=[P+]([O-])O[O-].OB(O)c1ccnc(-c2ccccc2F)c1.[K+].[K][K]. The van der Waals surface area contributed by atoms with E-state index in [0.717, 1.165) is 157 Å². The zero-order valence-corrected chi connectivity index (χ0v) is 94.1. The van der Waals surface area contributed by atoms with E-state index < -0.39 is 45.4 Å². The Bertz CT molecular complexity index is 5380. The van der Waals surface area contributed by atoms with Gasteiger partial charge in [-0.25, -0.2) is 18.2 Å². The molecule has 4 N–H and O–H groups in total. The summed E-state index contributed by atoms with van der Waals surface area (Å²) in [5.74, 6) is -0.668. The Morgan fingerprint density at radius 1 is 0.564 bits per heavy atom. The Hall–Kier alpha value is -3.74. The Morgan fingerprint density at radius 3 is 1.40 bits per heavy atom. The summed E-state index contributed by atoms with van der Waals surface area (Å²) in [5.41, 5.74) is 9.65. The van der Waals surface area contributed by atoms with Gasteiger partial charge in [-0.1, -0.05) is 31.7 Å². The number of rotatable bonds is 20. The number of piperazine rings is 3. The number of nitrogens with zero attached hydrogens (tertiary/aromatic N) is 19. The number of aromatic amines is 1. The number of hydrogen-bond donors (Lipinski definition) is 4. The van der Waals surface area contributed by atoms with Gasteiger partial charge >= 0.3 is 143 Å². The van der Waals surface area contributed by atoms with Gasteiger partial charge in [-0.15, -0.1) is 0 Å². The quantitative estimate of drug-likeness (QED) is 0.0182. The van der Waals surface area contributed by atoms with E-state index >= 15 is 0 Å². The molecule has 4 saturated heterocycles. The number of aryl methyl sites for hydroxylation is 2. The van der Waals surface area contributed by atoms with Crippen molar-refractivity contribution in [2.45, 2.75) is 105 Å². The summed E-state index contributed by atoms with van der Waals surface area (Å²) in [6.45, 7) is 32.8. The molecule has 43 heteroatoms. The second-order valence-corrected chi connectivity index (χ2v) is 37.2. The van der Waals surface area contributed by atoms with Gasteiger partial charge in [0.1, 0.15) is 17.2 Å². The van der Waals surface area contributed by atoms with Gasteiger partial charge in [0.15, 0.2) is 0 Å². The summed E-state index contributed by atoms with van der Waals surface area (Å²) >= 11 is 14.8. The number of carbonyl (C=O) groups excluding carboxylic acids is 1. The maximum atomic E-state index is 14.2. The number of hydrogen-bond acceptors (Lipinski definition) is 27. The number of nitrogens with one attached hydrogen (secondary N) is 1. The van der Waals surface area contributed by atoms with E-state index in [1.165, 1.54) is 133 Å². The van der Waals surface area contributed by atoms with E-state index in [1.807, 2.05) is 132 Å². The molecule has 1 atom stereocenters. The van der Waals surface area contributed by atoms with Crippen LogP contribution in [0.4, 0.5) is 13.6 Å². The standard InChI is InChI=1S/C27H29FN6.C16H22BrN5.C14H23BN2O4.C11H9BFNO2.C8H6BrN3.C8H18N2O.C5H3BrIN.CH4.3K.HO4P/c1-32-11-13-33(14-12-32)9-4-10-34-20-24(19-31-34)23-15-22(17-29-18-23)21-7-8-30-27(16-21)25-5-2-3-6-26(25)28;1-20-5-7-21(8-6-20)3-2-4-22-13-15(11-19-22)14-9-16(17)12-18-10-14;1-12(2,3)19-11(18)17-9-10(8-16-17)15-20-13(4,5)14(6,7)21-15;13-10-4-2-1-3-9(10)11-7-8(12(15)16)5-6-14-11;9-8-1-6(2-10-5-8)7-3-11-12-4-7;1-9-4-6-10(7-5-9)3-2-8-11;6-4-1-5(7)3-8-2-4;;;;;1-4-5(2)3/h2-3,5-8,15-20H,4,9-14H2,1H3;9-13H,2-8H2,1H3;8-9H,1-7H3;1-7,15-16H;1-5H,(H,11,12);11H,2-8H2,1H3;1-3H;1H4;;;;1H/q;;;;;;;;;;+1;/p-1. The minimum atomic E-state index is -3.15. The van der Waals surface area contributed by atoms with Crippen LogP contribution in [0.15, 0.2) is 222 Å². The van der Waals surface area contributed by atoms with Crippen LogP contribution in [-0.4, -0.2) is 340 Å². The van der Waals surface area contributed by atoms with E-state index in [4.69, 9.17) is 43.9 Å². The minimum absolute atomic E-state index is 0. The average Bonchev–Trinajstić information content (AvgIpc) is 1.61. The molecule has 0 spiro atoms. The number of aliphatic hydroxyl groups is 1. The number of halogens is 6. The molecule has 1 unspecified atom stereocenters. The van der Waals surface area contributed by atoms with Crippen molar-refractivity contribution in [2.24, 2.45) is 0 Å². The molecule has 696 valence electrons. The summed E-state index contributed by atoms with van der Waals surface area (Å²) in [7, 11) is 1.27. The Kier molecular flexibility index (Phi) is 54.9. The van der Waals surface area contributed by atoms with Crippen molar-refractivity contribution in [2.75, 3.05) is 126 Å². The first-order valence-electron chi connectivity index (χ1n) is 42.9. The zero-order valence-electron chi connectivity index (χ0n) is 77.0. The van der Waals surface area contributed by atoms with Gasteiger partial charge < -0.3 is 68.8 Å². The van der Waals surface area contributed by atoms with Crippen LogP contribution in [0.3, 0.4) is 0 Å². The van der Waals surface area contributed by atoms with Gasteiger partial charge in [0, 0.05) is 270 Å². The first-order chi connectivity index (χ1) is 62.7. The third-order valence-electron chi connectivity index (χ3n) is 21.0. The van der Waals surface area contributed by atoms with Gasteiger partial charge in [-0.3, -0.25) is 44.4 Å².